The normalized spacial score (nSPS) is 11.9. The molecule has 1 atom stereocenters. The number of benzene rings is 2. The molecule has 0 aliphatic rings. The summed E-state index contributed by atoms with van der Waals surface area (Å²) in [7, 11) is 0. The largest absolute Gasteiger partial charge is 0.441 e. The summed E-state index contributed by atoms with van der Waals surface area (Å²) in [6.45, 7) is 1.95. The van der Waals surface area contributed by atoms with Gasteiger partial charge in [0, 0.05) is 18.4 Å². The minimum absolute atomic E-state index is 0.0481. The summed E-state index contributed by atoms with van der Waals surface area (Å²) < 4.78 is 18.6. The molecule has 0 saturated heterocycles. The van der Waals surface area contributed by atoms with Crippen LogP contribution in [0.5, 0.6) is 0 Å². The van der Waals surface area contributed by atoms with Crippen molar-refractivity contribution in [2.75, 3.05) is 0 Å². The Morgan fingerprint density at radius 2 is 1.88 bits per heavy atom. The summed E-state index contributed by atoms with van der Waals surface area (Å²) in [6, 6.07) is 15.8. The van der Waals surface area contributed by atoms with Gasteiger partial charge in [-0.05, 0) is 36.8 Å². The molecule has 0 aliphatic carbocycles. The van der Waals surface area contributed by atoms with Crippen molar-refractivity contribution < 1.29 is 13.6 Å². The first kappa shape index (κ1) is 16.9. The smallest absolute Gasteiger partial charge is 0.220 e. The number of carbonyl (C=O) groups is 1. The Kier molecular flexibility index (Phi) is 5.23. The lowest BCUT2D eigenvalue weighted by Gasteiger charge is -2.13. The molecular weight excluding hydrogens is 319 g/mol. The second-order valence-electron chi connectivity index (χ2n) is 5.83. The topological polar surface area (TPSA) is 55.1 Å². The average molecular weight is 338 g/mol. The molecule has 0 aliphatic heterocycles. The van der Waals surface area contributed by atoms with Crippen molar-refractivity contribution >= 4 is 5.91 Å². The molecule has 0 saturated carbocycles. The first-order chi connectivity index (χ1) is 12.1. The highest BCUT2D eigenvalue weighted by atomic mass is 19.1. The molecule has 0 spiro atoms. The molecule has 3 rings (SSSR count). The van der Waals surface area contributed by atoms with E-state index in [9.17, 15) is 9.18 Å². The van der Waals surface area contributed by atoms with Crippen molar-refractivity contribution in [3.8, 4) is 11.3 Å². The zero-order valence-corrected chi connectivity index (χ0v) is 13.9. The maximum absolute atomic E-state index is 13.0. The maximum atomic E-state index is 13.0. The molecule has 25 heavy (non-hydrogen) atoms. The van der Waals surface area contributed by atoms with Gasteiger partial charge < -0.3 is 9.73 Å². The van der Waals surface area contributed by atoms with Gasteiger partial charge in [-0.1, -0.05) is 30.3 Å². The van der Waals surface area contributed by atoms with E-state index in [4.69, 9.17) is 4.42 Å². The van der Waals surface area contributed by atoms with E-state index in [1.54, 1.807) is 18.3 Å². The zero-order valence-electron chi connectivity index (χ0n) is 13.9. The van der Waals surface area contributed by atoms with Gasteiger partial charge in [-0.15, -0.1) is 0 Å². The van der Waals surface area contributed by atoms with Gasteiger partial charge >= 0.3 is 0 Å². The summed E-state index contributed by atoms with van der Waals surface area (Å²) in [4.78, 5) is 16.3. The zero-order chi connectivity index (χ0) is 17.6. The SMILES string of the molecule is C[C@H](NC(=O)CCc1ncc(-c2ccc(F)cc2)o1)c1ccccc1. The fourth-order valence-electron chi connectivity index (χ4n) is 2.53. The van der Waals surface area contributed by atoms with Gasteiger partial charge in [-0.3, -0.25) is 4.79 Å². The number of nitrogens with zero attached hydrogens (tertiary/aromatic N) is 1. The molecule has 1 amide bonds. The first-order valence-electron chi connectivity index (χ1n) is 8.17. The Labute approximate surface area is 145 Å². The highest BCUT2D eigenvalue weighted by molar-refractivity contribution is 5.76. The fraction of sp³-hybridized carbons (Fsp3) is 0.200. The average Bonchev–Trinajstić information content (AvgIpc) is 3.10. The maximum Gasteiger partial charge on any atom is 0.220 e. The monoisotopic (exact) mass is 338 g/mol. The van der Waals surface area contributed by atoms with E-state index in [-0.39, 0.29) is 17.8 Å². The number of oxazole rings is 1. The van der Waals surface area contributed by atoms with Crippen LogP contribution in [-0.2, 0) is 11.2 Å². The molecule has 3 aromatic rings. The predicted octanol–water partition coefficient (Wildman–Crippen LogP) is 4.29. The minimum atomic E-state index is -0.298. The molecule has 1 heterocycles. The lowest BCUT2D eigenvalue weighted by atomic mass is 10.1. The van der Waals surface area contributed by atoms with Gasteiger partial charge in [0.2, 0.25) is 5.91 Å². The van der Waals surface area contributed by atoms with Crippen LogP contribution in [0.25, 0.3) is 11.3 Å². The van der Waals surface area contributed by atoms with Crippen LogP contribution in [0, 0.1) is 5.82 Å². The first-order valence-corrected chi connectivity index (χ1v) is 8.17. The number of hydrogen-bond donors (Lipinski definition) is 1. The Morgan fingerprint density at radius 1 is 1.16 bits per heavy atom. The lowest BCUT2D eigenvalue weighted by Crippen LogP contribution is -2.26. The Balaban J connectivity index is 1.53. The second-order valence-corrected chi connectivity index (χ2v) is 5.83. The van der Waals surface area contributed by atoms with Gasteiger partial charge in [0.05, 0.1) is 12.2 Å². The van der Waals surface area contributed by atoms with Crippen LogP contribution in [0.1, 0.15) is 30.8 Å². The molecule has 1 N–H and O–H groups in total. The lowest BCUT2D eigenvalue weighted by molar-refractivity contribution is -0.121. The fourth-order valence-corrected chi connectivity index (χ4v) is 2.53. The minimum Gasteiger partial charge on any atom is -0.441 e. The number of rotatable bonds is 6. The van der Waals surface area contributed by atoms with Crippen molar-refractivity contribution in [2.24, 2.45) is 0 Å². The van der Waals surface area contributed by atoms with Crippen LogP contribution in [0.2, 0.25) is 0 Å². The van der Waals surface area contributed by atoms with Crippen LogP contribution in [0.4, 0.5) is 4.39 Å². The molecule has 0 fully saturated rings. The van der Waals surface area contributed by atoms with Crippen molar-refractivity contribution in [1.82, 2.24) is 10.3 Å². The standard InChI is InChI=1S/C20H19FN2O2/c1-14(15-5-3-2-4-6-15)23-19(24)11-12-20-22-13-18(25-20)16-7-9-17(21)10-8-16/h2-10,13-14H,11-12H2,1H3,(H,23,24)/t14-/m0/s1. The summed E-state index contributed by atoms with van der Waals surface area (Å²) in [5.41, 5.74) is 1.81. The van der Waals surface area contributed by atoms with Crippen molar-refractivity contribution in [1.29, 1.82) is 0 Å². The van der Waals surface area contributed by atoms with E-state index < -0.39 is 0 Å². The molecule has 0 radical (unpaired) electrons. The quantitative estimate of drug-likeness (QED) is 0.729. The van der Waals surface area contributed by atoms with Gasteiger partial charge in [-0.2, -0.15) is 0 Å². The third-order valence-electron chi connectivity index (χ3n) is 3.93. The number of halogens is 1. The number of amides is 1. The number of carbonyl (C=O) groups excluding carboxylic acids is 1. The Hall–Kier alpha value is -2.95. The van der Waals surface area contributed by atoms with E-state index in [2.05, 4.69) is 10.3 Å². The Bertz CT molecular complexity index is 828. The summed E-state index contributed by atoms with van der Waals surface area (Å²) in [5, 5.41) is 2.96. The second kappa shape index (κ2) is 7.75. The van der Waals surface area contributed by atoms with Crippen LogP contribution in [-0.4, -0.2) is 10.9 Å². The van der Waals surface area contributed by atoms with Crippen LogP contribution >= 0.6 is 0 Å². The number of nitrogens with one attached hydrogen (secondary N) is 1. The van der Waals surface area contributed by atoms with Crippen LogP contribution in [0.15, 0.2) is 65.2 Å². The molecule has 0 bridgehead atoms. The van der Waals surface area contributed by atoms with Gasteiger partial charge in [-0.25, -0.2) is 9.37 Å². The highest BCUT2D eigenvalue weighted by Crippen LogP contribution is 2.21. The Morgan fingerprint density at radius 3 is 2.60 bits per heavy atom. The van der Waals surface area contributed by atoms with E-state index in [0.29, 0.717) is 24.5 Å². The van der Waals surface area contributed by atoms with E-state index in [0.717, 1.165) is 11.1 Å². The van der Waals surface area contributed by atoms with Gasteiger partial charge in [0.15, 0.2) is 11.7 Å². The van der Waals surface area contributed by atoms with E-state index in [1.165, 1.54) is 12.1 Å². The molecule has 4 nitrogen and oxygen atoms in total. The summed E-state index contributed by atoms with van der Waals surface area (Å²) in [6.07, 6.45) is 2.29. The molecular formula is C20H19FN2O2. The third kappa shape index (κ3) is 4.53. The van der Waals surface area contributed by atoms with Crippen molar-refractivity contribution in [3.63, 3.8) is 0 Å². The third-order valence-corrected chi connectivity index (χ3v) is 3.93. The summed E-state index contributed by atoms with van der Waals surface area (Å²) >= 11 is 0. The van der Waals surface area contributed by atoms with E-state index >= 15 is 0 Å². The molecule has 2 aromatic carbocycles. The molecule has 5 heteroatoms. The number of aryl methyl sites for hydroxylation is 1. The number of aromatic nitrogens is 1. The summed E-state index contributed by atoms with van der Waals surface area (Å²) in [5.74, 6) is 0.695. The van der Waals surface area contributed by atoms with Crippen molar-refractivity contribution in [3.05, 3.63) is 78.1 Å². The molecule has 1 aromatic heterocycles. The highest BCUT2D eigenvalue weighted by Gasteiger charge is 2.12. The predicted molar refractivity (Wildman–Crippen MR) is 93.2 cm³/mol. The molecule has 128 valence electrons. The molecule has 0 unspecified atom stereocenters. The van der Waals surface area contributed by atoms with Gasteiger partial charge in [0.25, 0.3) is 0 Å². The van der Waals surface area contributed by atoms with Crippen LogP contribution in [0.3, 0.4) is 0 Å². The van der Waals surface area contributed by atoms with Gasteiger partial charge in [0.1, 0.15) is 5.82 Å². The van der Waals surface area contributed by atoms with Crippen molar-refractivity contribution in [2.45, 2.75) is 25.8 Å². The number of hydrogen-bond acceptors (Lipinski definition) is 3. The van der Waals surface area contributed by atoms with E-state index in [1.807, 2.05) is 37.3 Å². The van der Waals surface area contributed by atoms with Crippen LogP contribution < -0.4 is 5.32 Å².